The first-order valence-corrected chi connectivity index (χ1v) is 12.8. The van der Waals surface area contributed by atoms with E-state index in [0.29, 0.717) is 30.2 Å². The molecule has 0 bridgehead atoms. The zero-order valence-corrected chi connectivity index (χ0v) is 21.6. The number of hydrogen-bond acceptors (Lipinski definition) is 3. The predicted molar refractivity (Wildman–Crippen MR) is 148 cm³/mol. The van der Waals surface area contributed by atoms with Crippen molar-refractivity contribution in [3.8, 4) is 0 Å². The SMILES string of the molecule is Cc1cc(C)c(NC(=O)N2CCN(c3ccc(NC(=O)CCCc4ccccc4)cc3)CC2)c(Cl)c1. The molecule has 3 amide bonds. The van der Waals surface area contributed by atoms with Crippen LogP contribution in [-0.4, -0.2) is 43.0 Å². The van der Waals surface area contributed by atoms with Crippen LogP contribution in [0.2, 0.25) is 5.02 Å². The van der Waals surface area contributed by atoms with Gasteiger partial charge in [0, 0.05) is 44.0 Å². The first-order chi connectivity index (χ1) is 17.4. The molecule has 1 aliphatic heterocycles. The van der Waals surface area contributed by atoms with Crippen molar-refractivity contribution in [1.82, 2.24) is 4.90 Å². The van der Waals surface area contributed by atoms with E-state index in [0.717, 1.165) is 48.4 Å². The monoisotopic (exact) mass is 504 g/mol. The van der Waals surface area contributed by atoms with Gasteiger partial charge in [0.05, 0.1) is 10.7 Å². The van der Waals surface area contributed by atoms with Gasteiger partial charge >= 0.3 is 6.03 Å². The number of hydrogen-bond donors (Lipinski definition) is 2. The van der Waals surface area contributed by atoms with Crippen LogP contribution < -0.4 is 15.5 Å². The summed E-state index contributed by atoms with van der Waals surface area (Å²) in [5, 5.41) is 6.52. The Labute approximate surface area is 218 Å². The van der Waals surface area contributed by atoms with Crippen molar-refractivity contribution >= 4 is 40.6 Å². The average Bonchev–Trinajstić information content (AvgIpc) is 2.87. The molecule has 1 saturated heterocycles. The van der Waals surface area contributed by atoms with Gasteiger partial charge < -0.3 is 20.4 Å². The van der Waals surface area contributed by atoms with E-state index in [4.69, 9.17) is 11.6 Å². The van der Waals surface area contributed by atoms with Crippen LogP contribution in [0.1, 0.15) is 29.5 Å². The van der Waals surface area contributed by atoms with E-state index in [1.165, 1.54) is 5.56 Å². The van der Waals surface area contributed by atoms with Gasteiger partial charge in [0.2, 0.25) is 5.91 Å². The summed E-state index contributed by atoms with van der Waals surface area (Å²) >= 11 is 6.35. The van der Waals surface area contributed by atoms with E-state index in [1.54, 1.807) is 0 Å². The number of nitrogens with one attached hydrogen (secondary N) is 2. The summed E-state index contributed by atoms with van der Waals surface area (Å²) in [6, 6.07) is 21.9. The van der Waals surface area contributed by atoms with Crippen molar-refractivity contribution in [2.75, 3.05) is 41.7 Å². The number of urea groups is 1. The lowest BCUT2D eigenvalue weighted by Crippen LogP contribution is -2.50. The molecule has 3 aromatic rings. The van der Waals surface area contributed by atoms with Gasteiger partial charge in [-0.3, -0.25) is 4.79 Å². The van der Waals surface area contributed by atoms with Crippen LogP contribution in [0.3, 0.4) is 0 Å². The maximum Gasteiger partial charge on any atom is 0.322 e. The van der Waals surface area contributed by atoms with E-state index in [-0.39, 0.29) is 11.9 Å². The maximum absolute atomic E-state index is 12.8. The lowest BCUT2D eigenvalue weighted by atomic mass is 10.1. The van der Waals surface area contributed by atoms with Gasteiger partial charge in [-0.05, 0) is 73.7 Å². The number of piperazine rings is 1. The molecule has 3 aromatic carbocycles. The summed E-state index contributed by atoms with van der Waals surface area (Å²) < 4.78 is 0. The Hall–Kier alpha value is -3.51. The summed E-state index contributed by atoms with van der Waals surface area (Å²) in [6.07, 6.45) is 2.21. The Morgan fingerprint density at radius 3 is 2.25 bits per heavy atom. The second-order valence-electron chi connectivity index (χ2n) is 9.28. The summed E-state index contributed by atoms with van der Waals surface area (Å²) in [6.45, 7) is 6.64. The summed E-state index contributed by atoms with van der Waals surface area (Å²) in [4.78, 5) is 29.2. The minimum absolute atomic E-state index is 0.0298. The molecule has 0 saturated carbocycles. The highest BCUT2D eigenvalue weighted by Crippen LogP contribution is 2.28. The third-order valence-electron chi connectivity index (χ3n) is 6.46. The maximum atomic E-state index is 12.8. The highest BCUT2D eigenvalue weighted by molar-refractivity contribution is 6.34. The van der Waals surface area contributed by atoms with E-state index < -0.39 is 0 Å². The highest BCUT2D eigenvalue weighted by atomic mass is 35.5. The van der Waals surface area contributed by atoms with Crippen molar-refractivity contribution in [2.24, 2.45) is 0 Å². The minimum atomic E-state index is -0.131. The Kier molecular flexibility index (Phi) is 8.49. The lowest BCUT2D eigenvalue weighted by molar-refractivity contribution is -0.116. The molecule has 0 spiro atoms. The molecule has 0 aliphatic carbocycles. The van der Waals surface area contributed by atoms with E-state index >= 15 is 0 Å². The number of aryl methyl sites for hydroxylation is 3. The van der Waals surface area contributed by atoms with Crippen molar-refractivity contribution in [2.45, 2.75) is 33.1 Å². The Bertz CT molecular complexity index is 1170. The van der Waals surface area contributed by atoms with Crippen LogP contribution in [0.4, 0.5) is 21.9 Å². The van der Waals surface area contributed by atoms with Gasteiger partial charge in [0.1, 0.15) is 0 Å². The summed E-state index contributed by atoms with van der Waals surface area (Å²) in [7, 11) is 0. The second-order valence-corrected chi connectivity index (χ2v) is 9.68. The zero-order valence-electron chi connectivity index (χ0n) is 20.9. The van der Waals surface area contributed by atoms with Crippen molar-refractivity contribution in [1.29, 1.82) is 0 Å². The van der Waals surface area contributed by atoms with Crippen LogP contribution in [0.5, 0.6) is 0 Å². The molecule has 0 aromatic heterocycles. The number of nitrogens with zero attached hydrogens (tertiary/aromatic N) is 2. The van der Waals surface area contributed by atoms with Crippen LogP contribution >= 0.6 is 11.6 Å². The predicted octanol–water partition coefficient (Wildman–Crippen LogP) is 6.27. The molecule has 0 radical (unpaired) electrons. The van der Waals surface area contributed by atoms with Gasteiger partial charge in [-0.15, -0.1) is 0 Å². The molecule has 2 N–H and O–H groups in total. The number of benzene rings is 3. The standard InChI is InChI=1S/C29H33ClN4O2/c1-21-19-22(2)28(26(30)20-21)32-29(36)34-17-15-33(16-18-34)25-13-11-24(12-14-25)31-27(35)10-6-9-23-7-4-3-5-8-23/h3-5,7-8,11-14,19-20H,6,9-10,15-18H2,1-2H3,(H,31,35)(H,32,36). The number of amides is 3. The fraction of sp³-hybridized carbons (Fsp3) is 0.310. The smallest absolute Gasteiger partial charge is 0.322 e. The van der Waals surface area contributed by atoms with Crippen LogP contribution in [0.15, 0.2) is 66.7 Å². The summed E-state index contributed by atoms with van der Waals surface area (Å²) in [5.41, 5.74) is 5.82. The van der Waals surface area contributed by atoms with Gasteiger partial charge in [-0.1, -0.05) is 48.0 Å². The Balaban J connectivity index is 1.22. The van der Waals surface area contributed by atoms with Crippen molar-refractivity contribution in [3.63, 3.8) is 0 Å². The number of halogens is 1. The number of carbonyl (C=O) groups excluding carboxylic acids is 2. The molecule has 0 atom stereocenters. The van der Waals surface area contributed by atoms with Gasteiger partial charge in [-0.2, -0.15) is 0 Å². The van der Waals surface area contributed by atoms with Gasteiger partial charge in [-0.25, -0.2) is 4.79 Å². The molecular formula is C29H33ClN4O2. The molecule has 4 rings (SSSR count). The van der Waals surface area contributed by atoms with Gasteiger partial charge in [0.15, 0.2) is 0 Å². The molecule has 0 unspecified atom stereocenters. The largest absolute Gasteiger partial charge is 0.368 e. The quantitative estimate of drug-likeness (QED) is 0.398. The topological polar surface area (TPSA) is 64.7 Å². The number of carbonyl (C=O) groups is 2. The third kappa shape index (κ3) is 6.79. The normalized spacial score (nSPS) is 13.4. The lowest BCUT2D eigenvalue weighted by Gasteiger charge is -2.36. The summed E-state index contributed by atoms with van der Waals surface area (Å²) in [5.74, 6) is 0.0298. The Morgan fingerprint density at radius 2 is 1.58 bits per heavy atom. The minimum Gasteiger partial charge on any atom is -0.368 e. The average molecular weight is 505 g/mol. The molecule has 1 aliphatic rings. The number of rotatable bonds is 7. The van der Waals surface area contributed by atoms with Crippen LogP contribution in [0, 0.1) is 13.8 Å². The van der Waals surface area contributed by atoms with Crippen molar-refractivity contribution < 1.29 is 9.59 Å². The molecule has 36 heavy (non-hydrogen) atoms. The third-order valence-corrected chi connectivity index (χ3v) is 6.76. The number of anilines is 3. The molecular weight excluding hydrogens is 472 g/mol. The first kappa shape index (κ1) is 25.6. The van der Waals surface area contributed by atoms with E-state index in [1.807, 2.05) is 73.3 Å². The second kappa shape index (κ2) is 12.0. The molecule has 6 nitrogen and oxygen atoms in total. The highest BCUT2D eigenvalue weighted by Gasteiger charge is 2.22. The molecule has 1 heterocycles. The van der Waals surface area contributed by atoms with Crippen molar-refractivity contribution in [3.05, 3.63) is 88.4 Å². The van der Waals surface area contributed by atoms with Crippen LogP contribution in [0.25, 0.3) is 0 Å². The molecule has 188 valence electrons. The zero-order chi connectivity index (χ0) is 25.5. The van der Waals surface area contributed by atoms with Gasteiger partial charge in [0.25, 0.3) is 0 Å². The fourth-order valence-corrected chi connectivity index (χ4v) is 4.87. The van der Waals surface area contributed by atoms with E-state index in [9.17, 15) is 9.59 Å². The molecule has 1 fully saturated rings. The molecule has 7 heteroatoms. The fourth-order valence-electron chi connectivity index (χ4n) is 4.50. The Morgan fingerprint density at radius 1 is 0.889 bits per heavy atom. The van der Waals surface area contributed by atoms with E-state index in [2.05, 4.69) is 27.7 Å². The van der Waals surface area contributed by atoms with Crippen LogP contribution in [-0.2, 0) is 11.2 Å². The first-order valence-electron chi connectivity index (χ1n) is 12.4.